The highest BCUT2D eigenvalue weighted by Gasteiger charge is 2.19. The minimum Gasteiger partial charge on any atom is -0.493 e. The van der Waals surface area contributed by atoms with Crippen LogP contribution in [0.5, 0.6) is 11.5 Å². The van der Waals surface area contributed by atoms with Gasteiger partial charge in [-0.3, -0.25) is 14.4 Å². The number of anilines is 1. The largest absolute Gasteiger partial charge is 0.493 e. The fourth-order valence-corrected chi connectivity index (χ4v) is 2.73. The average molecular weight is 465 g/mol. The Kier molecular flexibility index (Phi) is 8.02. The van der Waals surface area contributed by atoms with E-state index in [0.717, 1.165) is 4.47 Å². The first kappa shape index (κ1) is 22.2. The normalized spacial score (nSPS) is 11.2. The Hall–Kier alpha value is -3.07. The van der Waals surface area contributed by atoms with Gasteiger partial charge < -0.3 is 24.8 Å². The molecule has 0 bridgehead atoms. The summed E-state index contributed by atoms with van der Waals surface area (Å²) in [6, 6.07) is 11.6. The summed E-state index contributed by atoms with van der Waals surface area (Å²) >= 11 is 3.27. The van der Waals surface area contributed by atoms with Crippen LogP contribution in [0.4, 0.5) is 5.69 Å². The van der Waals surface area contributed by atoms with E-state index in [4.69, 9.17) is 14.2 Å². The van der Waals surface area contributed by atoms with Crippen molar-refractivity contribution < 1.29 is 28.6 Å². The van der Waals surface area contributed by atoms with Gasteiger partial charge >= 0.3 is 5.97 Å². The number of amides is 2. The van der Waals surface area contributed by atoms with Gasteiger partial charge in [-0.15, -0.1) is 0 Å². The molecule has 0 radical (unpaired) electrons. The number of hydrogen-bond acceptors (Lipinski definition) is 6. The van der Waals surface area contributed by atoms with Crippen molar-refractivity contribution in [3.05, 3.63) is 52.5 Å². The highest BCUT2D eigenvalue weighted by atomic mass is 79.9. The third kappa shape index (κ3) is 6.49. The Labute approximate surface area is 176 Å². The quantitative estimate of drug-likeness (QED) is 0.582. The highest BCUT2D eigenvalue weighted by molar-refractivity contribution is 9.10. The zero-order valence-electron chi connectivity index (χ0n) is 16.2. The van der Waals surface area contributed by atoms with E-state index in [0.29, 0.717) is 22.7 Å². The van der Waals surface area contributed by atoms with Gasteiger partial charge in [0.1, 0.15) is 6.54 Å². The lowest BCUT2D eigenvalue weighted by Gasteiger charge is -2.15. The number of halogens is 1. The molecule has 2 rings (SSSR count). The molecule has 2 N–H and O–H groups in total. The van der Waals surface area contributed by atoms with Gasteiger partial charge in [0, 0.05) is 21.8 Å². The minimum absolute atomic E-state index is 0.362. The van der Waals surface area contributed by atoms with Crippen molar-refractivity contribution in [1.82, 2.24) is 5.32 Å². The van der Waals surface area contributed by atoms with Crippen molar-refractivity contribution in [2.45, 2.75) is 13.0 Å². The first-order valence-corrected chi connectivity index (χ1v) is 9.39. The molecule has 0 saturated heterocycles. The summed E-state index contributed by atoms with van der Waals surface area (Å²) in [6.07, 6.45) is -1.06. The average Bonchev–Trinajstić information content (AvgIpc) is 2.71. The second-order valence-electron chi connectivity index (χ2n) is 5.88. The number of carbonyl (C=O) groups excluding carboxylic acids is 3. The standard InChI is InChI=1S/C20H21BrN2O6/c1-12(19(25)23-15-7-8-16(27-2)17(10-15)28-3)29-18(24)11-22-20(26)13-5-4-6-14(21)9-13/h4-10,12H,11H2,1-3H3,(H,22,26)(H,23,25). The number of methoxy groups -OCH3 is 2. The Bertz CT molecular complexity index is 902. The van der Waals surface area contributed by atoms with Crippen molar-refractivity contribution in [3.8, 4) is 11.5 Å². The molecule has 2 amide bonds. The van der Waals surface area contributed by atoms with Gasteiger partial charge in [0.05, 0.1) is 14.2 Å². The molecule has 0 saturated carbocycles. The lowest BCUT2D eigenvalue weighted by molar-refractivity contribution is -0.152. The first-order valence-electron chi connectivity index (χ1n) is 8.60. The van der Waals surface area contributed by atoms with Crippen molar-refractivity contribution >= 4 is 39.4 Å². The molecule has 0 aliphatic heterocycles. The predicted octanol–water partition coefficient (Wildman–Crippen LogP) is 2.77. The van der Waals surface area contributed by atoms with Gasteiger partial charge in [-0.1, -0.05) is 22.0 Å². The number of ether oxygens (including phenoxy) is 3. The van der Waals surface area contributed by atoms with Crippen LogP contribution in [0, 0.1) is 0 Å². The summed E-state index contributed by atoms with van der Waals surface area (Å²) in [5, 5.41) is 5.08. The third-order valence-electron chi connectivity index (χ3n) is 3.81. The maximum absolute atomic E-state index is 12.2. The van der Waals surface area contributed by atoms with Gasteiger partial charge in [0.25, 0.3) is 11.8 Å². The lowest BCUT2D eigenvalue weighted by Crippen LogP contribution is -2.35. The van der Waals surface area contributed by atoms with Crippen molar-refractivity contribution in [3.63, 3.8) is 0 Å². The highest BCUT2D eigenvalue weighted by Crippen LogP contribution is 2.29. The molecule has 154 valence electrons. The summed E-state index contributed by atoms with van der Waals surface area (Å²) in [5.74, 6) is -0.714. The summed E-state index contributed by atoms with van der Waals surface area (Å²) < 4.78 is 16.1. The van der Waals surface area contributed by atoms with E-state index in [-0.39, 0.29) is 6.54 Å². The topological polar surface area (TPSA) is 103 Å². The van der Waals surface area contributed by atoms with E-state index in [2.05, 4.69) is 26.6 Å². The Morgan fingerprint density at radius 3 is 2.41 bits per heavy atom. The molecule has 0 aliphatic carbocycles. The summed E-state index contributed by atoms with van der Waals surface area (Å²) in [5.41, 5.74) is 0.852. The molecular formula is C20H21BrN2O6. The molecule has 0 heterocycles. The molecule has 9 heteroatoms. The monoisotopic (exact) mass is 464 g/mol. The van der Waals surface area contributed by atoms with E-state index < -0.39 is 23.9 Å². The molecule has 0 aliphatic rings. The van der Waals surface area contributed by atoms with Crippen molar-refractivity contribution in [2.24, 2.45) is 0 Å². The van der Waals surface area contributed by atoms with Gasteiger partial charge in [0.15, 0.2) is 17.6 Å². The van der Waals surface area contributed by atoms with Crippen LogP contribution in [0.15, 0.2) is 46.9 Å². The minimum atomic E-state index is -1.06. The molecule has 0 fully saturated rings. The van der Waals surface area contributed by atoms with Crippen molar-refractivity contribution in [2.75, 3.05) is 26.1 Å². The zero-order valence-corrected chi connectivity index (χ0v) is 17.7. The Morgan fingerprint density at radius 1 is 1.03 bits per heavy atom. The Balaban J connectivity index is 1.85. The smallest absolute Gasteiger partial charge is 0.326 e. The molecule has 2 aromatic rings. The molecule has 29 heavy (non-hydrogen) atoms. The van der Waals surface area contributed by atoms with Crippen LogP contribution < -0.4 is 20.1 Å². The number of benzene rings is 2. The van der Waals surface area contributed by atoms with Crippen LogP contribution in [-0.4, -0.2) is 44.7 Å². The van der Waals surface area contributed by atoms with Gasteiger partial charge in [-0.25, -0.2) is 0 Å². The fraction of sp³-hybridized carbons (Fsp3) is 0.250. The maximum Gasteiger partial charge on any atom is 0.326 e. The molecule has 1 atom stereocenters. The molecule has 8 nitrogen and oxygen atoms in total. The van der Waals surface area contributed by atoms with Crippen molar-refractivity contribution in [1.29, 1.82) is 0 Å². The van der Waals surface area contributed by atoms with Gasteiger partial charge in [-0.05, 0) is 37.3 Å². The number of hydrogen-bond donors (Lipinski definition) is 2. The van der Waals surface area contributed by atoms with E-state index in [1.165, 1.54) is 21.1 Å². The van der Waals surface area contributed by atoms with Crippen LogP contribution in [0.3, 0.4) is 0 Å². The van der Waals surface area contributed by atoms with E-state index >= 15 is 0 Å². The van der Waals surface area contributed by atoms with E-state index in [1.54, 1.807) is 42.5 Å². The molecule has 2 aromatic carbocycles. The van der Waals surface area contributed by atoms with Crippen LogP contribution in [0.1, 0.15) is 17.3 Å². The predicted molar refractivity (Wildman–Crippen MR) is 110 cm³/mol. The maximum atomic E-state index is 12.2. The molecular weight excluding hydrogens is 444 g/mol. The van der Waals surface area contributed by atoms with Crippen LogP contribution in [-0.2, 0) is 14.3 Å². The Morgan fingerprint density at radius 2 is 1.76 bits per heavy atom. The lowest BCUT2D eigenvalue weighted by atomic mass is 10.2. The molecule has 0 aromatic heterocycles. The van der Waals surface area contributed by atoms with Gasteiger partial charge in [-0.2, -0.15) is 0 Å². The van der Waals surface area contributed by atoms with E-state index in [9.17, 15) is 14.4 Å². The molecule has 1 unspecified atom stereocenters. The van der Waals surface area contributed by atoms with E-state index in [1.807, 2.05) is 0 Å². The SMILES string of the molecule is COc1ccc(NC(=O)C(C)OC(=O)CNC(=O)c2cccc(Br)c2)cc1OC. The number of rotatable bonds is 8. The number of nitrogens with one attached hydrogen (secondary N) is 2. The van der Waals surface area contributed by atoms with Crippen LogP contribution in [0.25, 0.3) is 0 Å². The zero-order chi connectivity index (χ0) is 21.4. The fourth-order valence-electron chi connectivity index (χ4n) is 2.33. The first-order chi connectivity index (χ1) is 13.8. The van der Waals surface area contributed by atoms with Crippen LogP contribution >= 0.6 is 15.9 Å². The third-order valence-corrected chi connectivity index (χ3v) is 4.30. The summed E-state index contributed by atoms with van der Waals surface area (Å²) in [6.45, 7) is 1.07. The summed E-state index contributed by atoms with van der Waals surface area (Å²) in [7, 11) is 2.99. The summed E-state index contributed by atoms with van der Waals surface area (Å²) in [4.78, 5) is 36.2. The van der Waals surface area contributed by atoms with Gasteiger partial charge in [0.2, 0.25) is 0 Å². The number of esters is 1. The molecule has 0 spiro atoms. The second-order valence-corrected chi connectivity index (χ2v) is 6.80. The number of carbonyl (C=O) groups is 3. The van der Waals surface area contributed by atoms with Crippen LogP contribution in [0.2, 0.25) is 0 Å². The second kappa shape index (κ2) is 10.5.